The van der Waals surface area contributed by atoms with Gasteiger partial charge in [-0.3, -0.25) is 4.79 Å². The van der Waals surface area contributed by atoms with Crippen LogP contribution in [0.2, 0.25) is 0 Å². The summed E-state index contributed by atoms with van der Waals surface area (Å²) in [5.41, 5.74) is 1.26. The Balaban J connectivity index is 0.00000243. The van der Waals surface area contributed by atoms with E-state index in [1.807, 2.05) is 0 Å². The quantitative estimate of drug-likeness (QED) is 0.739. The maximum atomic E-state index is 12.7. The van der Waals surface area contributed by atoms with Gasteiger partial charge in [0.15, 0.2) is 0 Å². The molecule has 2 saturated heterocycles. The lowest BCUT2D eigenvalue weighted by atomic mass is 10.0. The number of benzene rings is 1. The topological polar surface area (TPSA) is 81.8 Å². The van der Waals surface area contributed by atoms with Gasteiger partial charge in [0.25, 0.3) is 5.91 Å². The summed E-state index contributed by atoms with van der Waals surface area (Å²) < 4.78 is 26.0. The zero-order chi connectivity index (χ0) is 18.0. The Morgan fingerprint density at radius 2 is 1.92 bits per heavy atom. The molecule has 0 saturated carbocycles. The van der Waals surface area contributed by atoms with Crippen LogP contribution in [0.5, 0.6) is 0 Å². The van der Waals surface area contributed by atoms with E-state index >= 15 is 0 Å². The Kier molecular flexibility index (Phi) is 6.90. The lowest BCUT2D eigenvalue weighted by Crippen LogP contribution is -2.48. The summed E-state index contributed by atoms with van der Waals surface area (Å²) >= 11 is 0. The predicted octanol–water partition coefficient (Wildman–Crippen LogP) is 0.908. The summed E-state index contributed by atoms with van der Waals surface area (Å²) in [6.07, 6.45) is 2.18. The SMILES string of the molecule is CN(C)S(=O)(=O)c1ccc(N2CCCC2)c(C(=O)NCC2CNC2)c1.Cl. The molecule has 0 bridgehead atoms. The lowest BCUT2D eigenvalue weighted by Gasteiger charge is -2.28. The van der Waals surface area contributed by atoms with Gasteiger partial charge in [0.1, 0.15) is 0 Å². The summed E-state index contributed by atoms with van der Waals surface area (Å²) in [5.74, 6) is 0.248. The fourth-order valence-electron chi connectivity index (χ4n) is 3.13. The zero-order valence-electron chi connectivity index (χ0n) is 15.2. The fourth-order valence-corrected chi connectivity index (χ4v) is 4.06. The van der Waals surface area contributed by atoms with Crippen molar-refractivity contribution in [1.29, 1.82) is 0 Å². The standard InChI is InChI=1S/C17H26N4O3S.ClH/c1-20(2)25(23,24)14-5-6-16(21-7-3-4-8-21)15(9-14)17(22)19-12-13-10-18-11-13;/h5-6,9,13,18H,3-4,7-8,10-12H2,1-2H3,(H,19,22);1H. The number of hydrogen-bond acceptors (Lipinski definition) is 5. The van der Waals surface area contributed by atoms with Gasteiger partial charge in [0.2, 0.25) is 10.0 Å². The first-order valence-electron chi connectivity index (χ1n) is 8.70. The van der Waals surface area contributed by atoms with E-state index in [1.165, 1.54) is 24.5 Å². The Bertz CT molecular complexity index is 744. The van der Waals surface area contributed by atoms with Crippen LogP contribution in [0, 0.1) is 5.92 Å². The summed E-state index contributed by atoms with van der Waals surface area (Å²) in [5, 5.41) is 6.14. The molecule has 2 aliphatic rings. The van der Waals surface area contributed by atoms with Gasteiger partial charge in [-0.15, -0.1) is 12.4 Å². The molecule has 0 radical (unpaired) electrons. The zero-order valence-corrected chi connectivity index (χ0v) is 16.8. The summed E-state index contributed by atoms with van der Waals surface area (Å²) in [6.45, 7) is 4.22. The van der Waals surface area contributed by atoms with Crippen LogP contribution < -0.4 is 15.5 Å². The number of hydrogen-bond donors (Lipinski definition) is 2. The van der Waals surface area contributed by atoms with Crippen molar-refractivity contribution in [3.8, 4) is 0 Å². The van der Waals surface area contributed by atoms with Gasteiger partial charge in [-0.2, -0.15) is 0 Å². The number of amides is 1. The van der Waals surface area contributed by atoms with Crippen LogP contribution in [0.25, 0.3) is 0 Å². The molecule has 2 aliphatic heterocycles. The molecule has 1 aromatic rings. The number of nitrogens with zero attached hydrogens (tertiary/aromatic N) is 2. The second kappa shape index (κ2) is 8.56. The maximum Gasteiger partial charge on any atom is 0.253 e. The molecule has 0 unspecified atom stereocenters. The average Bonchev–Trinajstić information content (AvgIpc) is 3.06. The molecular weight excluding hydrogens is 376 g/mol. The molecule has 9 heteroatoms. The number of halogens is 1. The minimum Gasteiger partial charge on any atom is -0.371 e. The molecule has 0 atom stereocenters. The molecule has 1 amide bonds. The van der Waals surface area contributed by atoms with E-state index in [4.69, 9.17) is 0 Å². The molecule has 0 aromatic heterocycles. The monoisotopic (exact) mass is 402 g/mol. The lowest BCUT2D eigenvalue weighted by molar-refractivity contribution is 0.0942. The van der Waals surface area contributed by atoms with Gasteiger partial charge < -0.3 is 15.5 Å². The van der Waals surface area contributed by atoms with E-state index in [2.05, 4.69) is 15.5 Å². The van der Waals surface area contributed by atoms with Crippen molar-refractivity contribution < 1.29 is 13.2 Å². The van der Waals surface area contributed by atoms with Gasteiger partial charge in [-0.05, 0) is 31.0 Å². The molecule has 0 spiro atoms. The highest BCUT2D eigenvalue weighted by Gasteiger charge is 2.25. The van der Waals surface area contributed by atoms with E-state index in [9.17, 15) is 13.2 Å². The van der Waals surface area contributed by atoms with E-state index < -0.39 is 10.0 Å². The number of anilines is 1. The van der Waals surface area contributed by atoms with Crippen molar-refractivity contribution in [3.63, 3.8) is 0 Å². The normalized spacial score (nSPS) is 17.7. The fraction of sp³-hybridized carbons (Fsp3) is 0.588. The summed E-state index contributed by atoms with van der Waals surface area (Å²) in [6, 6.07) is 4.87. The van der Waals surface area contributed by atoms with Gasteiger partial charge in [-0.25, -0.2) is 12.7 Å². The third kappa shape index (κ3) is 4.31. The molecule has 3 rings (SSSR count). The minimum absolute atomic E-state index is 0. The van der Waals surface area contributed by atoms with Crippen LogP contribution in [0.4, 0.5) is 5.69 Å². The Morgan fingerprint density at radius 3 is 2.46 bits per heavy atom. The number of sulfonamides is 1. The molecule has 26 heavy (non-hydrogen) atoms. The van der Waals surface area contributed by atoms with Gasteiger partial charge in [0.05, 0.1) is 10.5 Å². The molecule has 2 N–H and O–H groups in total. The van der Waals surface area contributed by atoms with E-state index in [-0.39, 0.29) is 23.2 Å². The van der Waals surface area contributed by atoms with Crippen molar-refractivity contribution >= 4 is 34.0 Å². The molecule has 7 nitrogen and oxygen atoms in total. The second-order valence-corrected chi connectivity index (χ2v) is 9.05. The van der Waals surface area contributed by atoms with Crippen molar-refractivity contribution in [2.75, 3.05) is 51.7 Å². The minimum atomic E-state index is -3.57. The van der Waals surface area contributed by atoms with Crippen LogP contribution in [-0.2, 0) is 10.0 Å². The van der Waals surface area contributed by atoms with Gasteiger partial charge in [-0.1, -0.05) is 0 Å². The number of nitrogens with one attached hydrogen (secondary N) is 2. The van der Waals surface area contributed by atoms with Crippen LogP contribution in [0.1, 0.15) is 23.2 Å². The largest absolute Gasteiger partial charge is 0.371 e. The molecular formula is C17H27ClN4O3S. The molecule has 0 aliphatic carbocycles. The van der Waals surface area contributed by atoms with Crippen molar-refractivity contribution in [3.05, 3.63) is 23.8 Å². The Morgan fingerprint density at radius 1 is 1.27 bits per heavy atom. The Hall–Kier alpha value is -1.35. The van der Waals surface area contributed by atoms with E-state index in [0.29, 0.717) is 18.0 Å². The van der Waals surface area contributed by atoms with Crippen LogP contribution in [0.15, 0.2) is 23.1 Å². The van der Waals surface area contributed by atoms with E-state index in [1.54, 1.807) is 12.1 Å². The first-order valence-corrected chi connectivity index (χ1v) is 10.1. The predicted molar refractivity (Wildman–Crippen MR) is 105 cm³/mol. The molecule has 1 aromatic carbocycles. The van der Waals surface area contributed by atoms with Gasteiger partial charge in [0, 0.05) is 58.4 Å². The first-order chi connectivity index (χ1) is 11.9. The smallest absolute Gasteiger partial charge is 0.253 e. The molecule has 2 fully saturated rings. The average molecular weight is 403 g/mol. The highest BCUT2D eigenvalue weighted by Crippen LogP contribution is 2.28. The third-order valence-electron chi connectivity index (χ3n) is 4.86. The number of rotatable bonds is 6. The first kappa shape index (κ1) is 21.0. The molecule has 146 valence electrons. The van der Waals surface area contributed by atoms with Crippen molar-refractivity contribution in [2.45, 2.75) is 17.7 Å². The van der Waals surface area contributed by atoms with Crippen LogP contribution in [0.3, 0.4) is 0 Å². The highest BCUT2D eigenvalue weighted by molar-refractivity contribution is 7.89. The van der Waals surface area contributed by atoms with Crippen molar-refractivity contribution in [2.24, 2.45) is 5.92 Å². The summed E-state index contributed by atoms with van der Waals surface area (Å²) in [4.78, 5) is 15.1. The Labute approximate surface area is 161 Å². The van der Waals surface area contributed by atoms with Gasteiger partial charge >= 0.3 is 0 Å². The summed E-state index contributed by atoms with van der Waals surface area (Å²) in [7, 11) is -0.587. The van der Waals surface area contributed by atoms with E-state index in [0.717, 1.165) is 44.7 Å². The second-order valence-electron chi connectivity index (χ2n) is 6.89. The van der Waals surface area contributed by atoms with Crippen LogP contribution >= 0.6 is 12.4 Å². The molecule has 2 heterocycles. The number of carbonyl (C=O) groups is 1. The van der Waals surface area contributed by atoms with Crippen molar-refractivity contribution in [1.82, 2.24) is 14.9 Å². The maximum absolute atomic E-state index is 12.7. The van der Waals surface area contributed by atoms with Crippen LogP contribution in [-0.4, -0.2) is 65.4 Å². The number of carbonyl (C=O) groups excluding carboxylic acids is 1. The highest BCUT2D eigenvalue weighted by atomic mass is 35.5. The third-order valence-corrected chi connectivity index (χ3v) is 6.67.